The maximum Gasteiger partial charge on any atom is 0.128 e. The number of ether oxygens (including phenoxy) is 1. The quantitative estimate of drug-likeness (QED) is 0.295. The predicted octanol–water partition coefficient (Wildman–Crippen LogP) is 6.00. The number of allylic oxidation sites excluding steroid dienone is 2. The largest absolute Gasteiger partial charge is 0.483 e. The van der Waals surface area contributed by atoms with E-state index >= 15 is 0 Å². The summed E-state index contributed by atoms with van der Waals surface area (Å²) in [6.45, 7) is 2.10. The Labute approximate surface area is 178 Å². The van der Waals surface area contributed by atoms with Gasteiger partial charge < -0.3 is 10.6 Å². The summed E-state index contributed by atoms with van der Waals surface area (Å²) in [6, 6.07) is 17.1. The van der Waals surface area contributed by atoms with Gasteiger partial charge >= 0.3 is 0 Å². The van der Waals surface area contributed by atoms with Crippen molar-refractivity contribution in [2.45, 2.75) is 50.7 Å². The van der Waals surface area contributed by atoms with Crippen LogP contribution in [-0.2, 0) is 0 Å². The average Bonchev–Trinajstić information content (AvgIpc) is 2.76. The third-order valence-electron chi connectivity index (χ3n) is 6.20. The van der Waals surface area contributed by atoms with E-state index in [0.717, 1.165) is 43.4 Å². The summed E-state index contributed by atoms with van der Waals surface area (Å²) in [5.74, 6) is 6.22. The number of hydrogen-bond donors (Lipinski definition) is 1. The van der Waals surface area contributed by atoms with Gasteiger partial charge in [-0.3, -0.25) is 5.01 Å². The van der Waals surface area contributed by atoms with E-state index in [2.05, 4.69) is 84.1 Å². The molecule has 0 bridgehead atoms. The molecule has 2 aromatic rings. The van der Waals surface area contributed by atoms with Crippen LogP contribution in [0.5, 0.6) is 5.75 Å². The number of benzene rings is 2. The maximum atomic E-state index is 6.64. The van der Waals surface area contributed by atoms with Crippen LogP contribution in [0.25, 0.3) is 5.57 Å². The predicted molar refractivity (Wildman–Crippen MR) is 121 cm³/mol. The van der Waals surface area contributed by atoms with Gasteiger partial charge in [-0.2, -0.15) is 0 Å². The van der Waals surface area contributed by atoms with Gasteiger partial charge in [-0.25, -0.2) is 0 Å². The Morgan fingerprint density at radius 2 is 1.90 bits per heavy atom. The number of rotatable bonds is 4. The topological polar surface area (TPSA) is 63.2 Å². The van der Waals surface area contributed by atoms with Crippen molar-refractivity contribution in [2.24, 2.45) is 16.3 Å². The Hall–Kier alpha value is -3.08. The van der Waals surface area contributed by atoms with Crippen LogP contribution in [-0.4, -0.2) is 17.7 Å². The monoisotopic (exact) mass is 402 g/mol. The van der Waals surface area contributed by atoms with Crippen LogP contribution in [0, 0.1) is 0 Å². The lowest BCUT2D eigenvalue weighted by Crippen LogP contribution is -2.37. The van der Waals surface area contributed by atoms with Crippen LogP contribution in [0.2, 0.25) is 0 Å². The SMILES string of the molecule is CC(c1cccc(C2=CC3(CCC=CCCC3)Oc3ccccc32)c1)N(C)/N=N\N. The Morgan fingerprint density at radius 1 is 1.07 bits per heavy atom. The van der Waals surface area contributed by atoms with Crippen molar-refractivity contribution in [1.29, 1.82) is 0 Å². The van der Waals surface area contributed by atoms with Crippen LogP contribution in [0.1, 0.15) is 61.8 Å². The molecule has 2 atom stereocenters. The summed E-state index contributed by atoms with van der Waals surface area (Å²) in [6.07, 6.45) is 12.3. The molecular formula is C25H30N4O. The highest BCUT2D eigenvalue weighted by Gasteiger charge is 2.35. The fraction of sp³-hybridized carbons (Fsp3) is 0.360. The summed E-state index contributed by atoms with van der Waals surface area (Å²) in [7, 11) is 1.88. The van der Waals surface area contributed by atoms with E-state index < -0.39 is 0 Å². The molecule has 1 heterocycles. The molecule has 0 saturated carbocycles. The molecule has 156 valence electrons. The molecule has 5 heteroatoms. The number of nitrogens with zero attached hydrogens (tertiary/aromatic N) is 3. The Kier molecular flexibility index (Phi) is 5.88. The van der Waals surface area contributed by atoms with Gasteiger partial charge in [-0.05, 0) is 73.9 Å². The smallest absolute Gasteiger partial charge is 0.128 e. The van der Waals surface area contributed by atoms with Gasteiger partial charge in [-0.15, -0.1) is 0 Å². The van der Waals surface area contributed by atoms with Crippen molar-refractivity contribution < 1.29 is 4.74 Å². The molecule has 1 aliphatic heterocycles. The zero-order valence-electron chi connectivity index (χ0n) is 17.8. The standard InChI is InChI=1S/C25H30N4O/c1-19(29(2)28-27-26)20-11-10-12-21(17-20)23-18-25(15-8-4-3-5-9-16-25)30-24-14-7-6-13-22(23)24/h3-4,6-7,10-14,17-19H,5,8-9,15-16H2,1-2H3,(H2,26,28). The summed E-state index contributed by atoms with van der Waals surface area (Å²) < 4.78 is 6.64. The van der Waals surface area contributed by atoms with E-state index in [-0.39, 0.29) is 11.6 Å². The molecular weight excluding hydrogens is 372 g/mol. The molecule has 2 unspecified atom stereocenters. The van der Waals surface area contributed by atoms with Gasteiger partial charge in [0.15, 0.2) is 0 Å². The third kappa shape index (κ3) is 4.11. The first-order valence-electron chi connectivity index (χ1n) is 10.7. The number of hydrogen-bond acceptors (Lipinski definition) is 3. The Bertz CT molecular complexity index is 981. The van der Waals surface area contributed by atoms with Crippen LogP contribution in [0.15, 0.2) is 77.2 Å². The molecule has 5 nitrogen and oxygen atoms in total. The summed E-state index contributed by atoms with van der Waals surface area (Å²) in [5.41, 5.74) is 4.52. The number of nitrogens with two attached hydrogens (primary N) is 1. The zero-order valence-corrected chi connectivity index (χ0v) is 17.8. The fourth-order valence-corrected chi connectivity index (χ4v) is 4.40. The number of fused-ring (bicyclic) bond motifs is 1. The molecule has 2 N–H and O–H groups in total. The van der Waals surface area contributed by atoms with Crippen LogP contribution < -0.4 is 10.6 Å². The molecule has 2 aliphatic rings. The minimum absolute atomic E-state index is 0.0634. The summed E-state index contributed by atoms with van der Waals surface area (Å²) in [4.78, 5) is 0. The third-order valence-corrected chi connectivity index (χ3v) is 6.20. The van der Waals surface area contributed by atoms with Crippen LogP contribution in [0.3, 0.4) is 0 Å². The van der Waals surface area contributed by atoms with E-state index in [4.69, 9.17) is 10.6 Å². The lowest BCUT2D eigenvalue weighted by Gasteiger charge is -2.38. The van der Waals surface area contributed by atoms with Gasteiger partial charge in [0.2, 0.25) is 0 Å². The van der Waals surface area contributed by atoms with Crippen molar-refractivity contribution in [3.63, 3.8) is 0 Å². The second-order valence-electron chi connectivity index (χ2n) is 8.20. The van der Waals surface area contributed by atoms with E-state index in [1.54, 1.807) is 5.01 Å². The zero-order chi connectivity index (χ0) is 21.0. The maximum absolute atomic E-state index is 6.64. The highest BCUT2D eigenvalue weighted by atomic mass is 16.5. The van der Waals surface area contributed by atoms with E-state index in [9.17, 15) is 0 Å². The van der Waals surface area contributed by atoms with Gasteiger partial charge in [0, 0.05) is 12.6 Å². The molecule has 0 fully saturated rings. The van der Waals surface area contributed by atoms with E-state index in [1.165, 1.54) is 16.7 Å². The molecule has 0 amide bonds. The Morgan fingerprint density at radius 3 is 2.77 bits per heavy atom. The minimum atomic E-state index is -0.249. The molecule has 4 rings (SSSR count). The van der Waals surface area contributed by atoms with Crippen molar-refractivity contribution in [2.75, 3.05) is 7.05 Å². The minimum Gasteiger partial charge on any atom is -0.483 e. The van der Waals surface area contributed by atoms with Gasteiger partial charge in [-0.1, -0.05) is 59.0 Å². The van der Waals surface area contributed by atoms with E-state index in [0.29, 0.717) is 0 Å². The highest BCUT2D eigenvalue weighted by Crippen LogP contribution is 2.43. The molecule has 0 aromatic heterocycles. The van der Waals surface area contributed by atoms with Gasteiger partial charge in [0.1, 0.15) is 11.4 Å². The molecule has 1 aliphatic carbocycles. The number of para-hydroxylation sites is 1. The second kappa shape index (κ2) is 8.74. The van der Waals surface area contributed by atoms with Gasteiger partial charge in [0.05, 0.1) is 6.04 Å². The van der Waals surface area contributed by atoms with Crippen LogP contribution in [0.4, 0.5) is 0 Å². The first-order chi connectivity index (χ1) is 14.6. The van der Waals surface area contributed by atoms with Gasteiger partial charge in [0.25, 0.3) is 0 Å². The van der Waals surface area contributed by atoms with Crippen molar-refractivity contribution in [3.8, 4) is 5.75 Å². The Balaban J connectivity index is 1.77. The first-order valence-corrected chi connectivity index (χ1v) is 10.7. The first kappa shape index (κ1) is 20.2. The van der Waals surface area contributed by atoms with Crippen molar-refractivity contribution in [3.05, 3.63) is 83.4 Å². The lowest BCUT2D eigenvalue weighted by molar-refractivity contribution is 0.0946. The van der Waals surface area contributed by atoms with Crippen LogP contribution >= 0.6 is 0 Å². The summed E-state index contributed by atoms with van der Waals surface area (Å²) >= 11 is 0. The molecule has 2 aromatic carbocycles. The summed E-state index contributed by atoms with van der Waals surface area (Å²) in [5, 5.41) is 9.15. The highest BCUT2D eigenvalue weighted by molar-refractivity contribution is 5.85. The normalized spacial score (nSPS) is 22.0. The lowest BCUT2D eigenvalue weighted by atomic mass is 9.82. The molecule has 0 radical (unpaired) electrons. The average molecular weight is 403 g/mol. The van der Waals surface area contributed by atoms with Crippen molar-refractivity contribution in [1.82, 2.24) is 5.01 Å². The van der Waals surface area contributed by atoms with E-state index in [1.807, 2.05) is 7.05 Å². The van der Waals surface area contributed by atoms with Crippen molar-refractivity contribution >= 4 is 5.57 Å². The second-order valence-corrected chi connectivity index (χ2v) is 8.20. The molecule has 30 heavy (non-hydrogen) atoms. The fourth-order valence-electron chi connectivity index (χ4n) is 4.40. The molecule has 1 spiro atoms. The molecule has 0 saturated heterocycles.